The number of hydrogen-bond donors (Lipinski definition) is 3. The van der Waals surface area contributed by atoms with Gasteiger partial charge >= 0.3 is 11.9 Å². The third kappa shape index (κ3) is 5.58. The van der Waals surface area contributed by atoms with Crippen LogP contribution in [0.2, 0.25) is 0 Å². The molecule has 22 heavy (non-hydrogen) atoms. The first-order valence-electron chi connectivity index (χ1n) is 6.04. The standard InChI is InChI=1S/C10H13N3O2S.C2H2O4/c1-16-6-4-7(11)10-12-9(13-15-10)8-3-2-5-14-8;3-1(4)2(5)6/h2-3,5,7H,4,6,11H2,1H3;(H,3,4)(H,5,6). The van der Waals surface area contributed by atoms with Crippen LogP contribution in [0, 0.1) is 0 Å². The quantitative estimate of drug-likeness (QED) is 0.682. The molecule has 0 aromatic carbocycles. The number of furan rings is 1. The summed E-state index contributed by atoms with van der Waals surface area (Å²) in [5.41, 5.74) is 5.91. The molecule has 2 aromatic rings. The first-order chi connectivity index (χ1) is 10.5. The highest BCUT2D eigenvalue weighted by molar-refractivity contribution is 7.98. The molecule has 2 aromatic heterocycles. The zero-order valence-electron chi connectivity index (χ0n) is 11.6. The molecule has 0 bridgehead atoms. The van der Waals surface area contributed by atoms with Crippen molar-refractivity contribution in [1.82, 2.24) is 10.1 Å². The van der Waals surface area contributed by atoms with Crippen molar-refractivity contribution in [3.05, 3.63) is 24.3 Å². The number of carboxylic acid groups (broad SMARTS) is 2. The molecule has 120 valence electrons. The molecule has 0 amide bonds. The van der Waals surface area contributed by atoms with Crippen molar-refractivity contribution in [3.8, 4) is 11.6 Å². The van der Waals surface area contributed by atoms with Crippen LogP contribution >= 0.6 is 11.8 Å². The summed E-state index contributed by atoms with van der Waals surface area (Å²) in [5.74, 6) is -1.18. The minimum Gasteiger partial charge on any atom is -0.473 e. The second-order valence-corrected chi connectivity index (χ2v) is 4.92. The molecule has 0 aliphatic rings. The fourth-order valence-corrected chi connectivity index (χ4v) is 1.75. The molecule has 0 aliphatic carbocycles. The van der Waals surface area contributed by atoms with Crippen LogP contribution in [-0.2, 0) is 9.59 Å². The molecule has 1 unspecified atom stereocenters. The number of rotatable bonds is 5. The summed E-state index contributed by atoms with van der Waals surface area (Å²) in [6.45, 7) is 0. The van der Waals surface area contributed by atoms with E-state index in [1.807, 2.05) is 6.26 Å². The Kier molecular flexibility index (Phi) is 7.13. The Morgan fingerprint density at radius 3 is 2.59 bits per heavy atom. The van der Waals surface area contributed by atoms with E-state index in [1.165, 1.54) is 0 Å². The maximum Gasteiger partial charge on any atom is 0.414 e. The van der Waals surface area contributed by atoms with E-state index in [0.717, 1.165) is 12.2 Å². The van der Waals surface area contributed by atoms with Crippen molar-refractivity contribution in [2.75, 3.05) is 12.0 Å². The lowest BCUT2D eigenvalue weighted by Gasteiger charge is -2.03. The number of thioether (sulfide) groups is 1. The van der Waals surface area contributed by atoms with Crippen molar-refractivity contribution in [1.29, 1.82) is 0 Å². The van der Waals surface area contributed by atoms with E-state index in [4.69, 9.17) is 34.5 Å². The molecule has 0 saturated heterocycles. The number of carbonyl (C=O) groups is 2. The molecule has 10 heteroatoms. The molecular weight excluding hydrogens is 314 g/mol. The summed E-state index contributed by atoms with van der Waals surface area (Å²) in [4.78, 5) is 22.4. The van der Waals surface area contributed by atoms with Gasteiger partial charge in [0.25, 0.3) is 0 Å². The maximum atomic E-state index is 9.10. The summed E-state index contributed by atoms with van der Waals surface area (Å²) in [7, 11) is 0. The summed E-state index contributed by atoms with van der Waals surface area (Å²) < 4.78 is 10.3. The fraction of sp³-hybridized carbons (Fsp3) is 0.333. The maximum absolute atomic E-state index is 9.10. The summed E-state index contributed by atoms with van der Waals surface area (Å²) >= 11 is 1.74. The van der Waals surface area contributed by atoms with Gasteiger partial charge < -0.3 is 24.9 Å². The van der Waals surface area contributed by atoms with Crippen molar-refractivity contribution >= 4 is 23.7 Å². The van der Waals surface area contributed by atoms with Gasteiger partial charge in [-0.3, -0.25) is 0 Å². The Morgan fingerprint density at radius 1 is 1.41 bits per heavy atom. The number of aromatic nitrogens is 2. The topological polar surface area (TPSA) is 153 Å². The Hall–Kier alpha value is -2.33. The molecule has 0 fully saturated rings. The van der Waals surface area contributed by atoms with Gasteiger partial charge in [-0.1, -0.05) is 5.16 Å². The van der Waals surface area contributed by atoms with Gasteiger partial charge in [-0.2, -0.15) is 16.7 Å². The van der Waals surface area contributed by atoms with Crippen LogP contribution in [0.25, 0.3) is 11.6 Å². The van der Waals surface area contributed by atoms with E-state index in [-0.39, 0.29) is 6.04 Å². The fourth-order valence-electron chi connectivity index (χ4n) is 1.26. The van der Waals surface area contributed by atoms with Gasteiger partial charge in [-0.25, -0.2) is 9.59 Å². The molecular formula is C12H15N3O6S. The molecule has 2 rings (SSSR count). The smallest absolute Gasteiger partial charge is 0.414 e. The number of hydrogen-bond acceptors (Lipinski definition) is 8. The van der Waals surface area contributed by atoms with Crippen molar-refractivity contribution < 1.29 is 28.7 Å². The Morgan fingerprint density at radius 2 is 2.09 bits per heavy atom. The lowest BCUT2D eigenvalue weighted by Crippen LogP contribution is -2.11. The van der Waals surface area contributed by atoms with E-state index in [2.05, 4.69) is 10.1 Å². The molecule has 0 radical (unpaired) electrons. The highest BCUT2D eigenvalue weighted by Gasteiger charge is 2.16. The predicted octanol–water partition coefficient (Wildman–Crippen LogP) is 1.24. The van der Waals surface area contributed by atoms with Crippen LogP contribution < -0.4 is 5.73 Å². The molecule has 0 aliphatic heterocycles. The Bertz CT molecular complexity index is 586. The minimum atomic E-state index is -1.82. The number of aliphatic carboxylic acids is 2. The number of carboxylic acids is 2. The van der Waals surface area contributed by atoms with Crippen LogP contribution in [0.4, 0.5) is 0 Å². The highest BCUT2D eigenvalue weighted by Crippen LogP contribution is 2.20. The number of nitrogens with two attached hydrogens (primary N) is 1. The average Bonchev–Trinajstić information content (AvgIpc) is 3.15. The van der Waals surface area contributed by atoms with Crippen LogP contribution in [0.1, 0.15) is 18.4 Å². The van der Waals surface area contributed by atoms with Crippen LogP contribution in [-0.4, -0.2) is 44.3 Å². The van der Waals surface area contributed by atoms with Gasteiger partial charge in [0, 0.05) is 0 Å². The largest absolute Gasteiger partial charge is 0.473 e. The SMILES string of the molecule is CSCCC(N)c1nc(-c2ccco2)no1.O=C(O)C(=O)O. The van der Waals surface area contributed by atoms with Crippen molar-refractivity contribution in [2.45, 2.75) is 12.5 Å². The van der Waals surface area contributed by atoms with Crippen LogP contribution in [0.3, 0.4) is 0 Å². The second kappa shape index (κ2) is 8.85. The van der Waals surface area contributed by atoms with Gasteiger partial charge in [0.15, 0.2) is 5.76 Å². The van der Waals surface area contributed by atoms with Gasteiger partial charge in [0.1, 0.15) is 0 Å². The highest BCUT2D eigenvalue weighted by atomic mass is 32.2. The van der Waals surface area contributed by atoms with Gasteiger partial charge in [0.05, 0.1) is 12.3 Å². The zero-order valence-corrected chi connectivity index (χ0v) is 12.4. The first kappa shape index (κ1) is 17.7. The molecule has 1 atom stereocenters. The van der Waals surface area contributed by atoms with E-state index in [0.29, 0.717) is 17.5 Å². The molecule has 4 N–H and O–H groups in total. The van der Waals surface area contributed by atoms with Gasteiger partial charge in [0.2, 0.25) is 11.7 Å². The molecule has 9 nitrogen and oxygen atoms in total. The summed E-state index contributed by atoms with van der Waals surface area (Å²) in [6.07, 6.45) is 4.43. The average molecular weight is 329 g/mol. The van der Waals surface area contributed by atoms with Gasteiger partial charge in [-0.15, -0.1) is 0 Å². The third-order valence-electron chi connectivity index (χ3n) is 2.32. The van der Waals surface area contributed by atoms with Crippen LogP contribution in [0.5, 0.6) is 0 Å². The molecule has 0 saturated carbocycles. The molecule has 0 spiro atoms. The minimum absolute atomic E-state index is 0.205. The molecule has 2 heterocycles. The van der Waals surface area contributed by atoms with Gasteiger partial charge in [-0.05, 0) is 30.6 Å². The van der Waals surface area contributed by atoms with Crippen molar-refractivity contribution in [3.63, 3.8) is 0 Å². The Balaban J connectivity index is 0.000000346. The lowest BCUT2D eigenvalue weighted by atomic mass is 10.2. The summed E-state index contributed by atoms with van der Waals surface area (Å²) in [5, 5.41) is 18.6. The third-order valence-corrected chi connectivity index (χ3v) is 2.96. The Labute approximate surface area is 129 Å². The normalized spacial score (nSPS) is 11.4. The summed E-state index contributed by atoms with van der Waals surface area (Å²) in [6, 6.07) is 3.35. The van der Waals surface area contributed by atoms with E-state index >= 15 is 0 Å². The zero-order chi connectivity index (χ0) is 16.5. The lowest BCUT2D eigenvalue weighted by molar-refractivity contribution is -0.159. The second-order valence-electron chi connectivity index (χ2n) is 3.93. The predicted molar refractivity (Wildman–Crippen MR) is 77.2 cm³/mol. The monoisotopic (exact) mass is 329 g/mol. The number of nitrogens with zero attached hydrogens (tertiary/aromatic N) is 2. The van der Waals surface area contributed by atoms with E-state index < -0.39 is 11.9 Å². The van der Waals surface area contributed by atoms with E-state index in [9.17, 15) is 0 Å². The van der Waals surface area contributed by atoms with Crippen LogP contribution in [0.15, 0.2) is 27.3 Å². The first-order valence-corrected chi connectivity index (χ1v) is 7.43. The van der Waals surface area contributed by atoms with E-state index in [1.54, 1.807) is 30.2 Å². The van der Waals surface area contributed by atoms with Crippen molar-refractivity contribution in [2.24, 2.45) is 5.73 Å².